The van der Waals surface area contributed by atoms with Crippen LogP contribution < -0.4 is 5.73 Å². The average Bonchev–Trinajstić information content (AvgIpc) is 3.26. The van der Waals surface area contributed by atoms with E-state index >= 15 is 0 Å². The molecule has 1 amide bonds. The number of primary amides is 1. The molecule has 0 saturated heterocycles. The summed E-state index contributed by atoms with van der Waals surface area (Å²) >= 11 is 0. The highest BCUT2D eigenvalue weighted by atomic mass is 16.3. The van der Waals surface area contributed by atoms with Gasteiger partial charge in [0.2, 0.25) is 5.91 Å². The van der Waals surface area contributed by atoms with E-state index in [0.29, 0.717) is 16.9 Å². The zero-order valence-corrected chi connectivity index (χ0v) is 14.8. The zero-order chi connectivity index (χ0) is 18.8. The third-order valence-electron chi connectivity index (χ3n) is 5.01. The van der Waals surface area contributed by atoms with E-state index in [1.165, 1.54) is 5.56 Å². The third kappa shape index (κ3) is 3.18. The van der Waals surface area contributed by atoms with E-state index in [-0.39, 0.29) is 0 Å². The fourth-order valence-corrected chi connectivity index (χ4v) is 3.68. The molecular weight excluding hydrogens is 338 g/mol. The number of aromatic amines is 1. The lowest BCUT2D eigenvalue weighted by atomic mass is 9.99. The Morgan fingerprint density at radius 3 is 2.85 bits per heavy atom. The number of amides is 1. The number of H-pyrrole nitrogens is 1. The average molecular weight is 357 g/mol. The molecule has 1 aromatic heterocycles. The van der Waals surface area contributed by atoms with Crippen molar-refractivity contribution in [3.05, 3.63) is 71.1 Å². The minimum absolute atomic E-state index is 0.419. The molecule has 0 radical (unpaired) electrons. The van der Waals surface area contributed by atoms with Crippen molar-refractivity contribution in [3.8, 4) is 17.4 Å². The number of unbranched alkanes of at least 4 members (excludes halogenated alkanes) is 1. The monoisotopic (exact) mass is 357 g/mol. The van der Waals surface area contributed by atoms with Crippen LogP contribution in [0.4, 0.5) is 0 Å². The van der Waals surface area contributed by atoms with Crippen molar-refractivity contribution in [3.63, 3.8) is 0 Å². The Bertz CT molecular complexity index is 1130. The molecule has 2 aliphatic rings. The van der Waals surface area contributed by atoms with E-state index in [1.54, 1.807) is 12.3 Å². The molecule has 0 fully saturated rings. The van der Waals surface area contributed by atoms with E-state index in [2.05, 4.69) is 11.1 Å². The van der Waals surface area contributed by atoms with E-state index in [9.17, 15) is 4.79 Å². The number of nitrogens with two attached hydrogens (primary N) is 1. The minimum atomic E-state index is -0.419. The van der Waals surface area contributed by atoms with E-state index in [0.717, 1.165) is 47.7 Å². The molecule has 0 bridgehead atoms. The Labute approximate surface area is 156 Å². The normalized spacial score (nSPS) is 11.1. The molecule has 4 rings (SSSR count). The van der Waals surface area contributed by atoms with E-state index < -0.39 is 5.91 Å². The van der Waals surface area contributed by atoms with Gasteiger partial charge in [-0.25, -0.2) is 0 Å². The smallest absolute Gasteiger partial charge is 0.249 e. The minimum Gasteiger partial charge on any atom is -0.464 e. The molecule has 0 saturated carbocycles. The van der Waals surface area contributed by atoms with Crippen molar-refractivity contribution in [1.29, 1.82) is 5.26 Å². The lowest BCUT2D eigenvalue weighted by Gasteiger charge is -2.05. The molecule has 5 heteroatoms. The van der Waals surface area contributed by atoms with Gasteiger partial charge < -0.3 is 15.1 Å². The summed E-state index contributed by atoms with van der Waals surface area (Å²) in [6.07, 6.45) is 7.19. The Morgan fingerprint density at radius 2 is 2.04 bits per heavy atom. The van der Waals surface area contributed by atoms with Gasteiger partial charge in [-0.3, -0.25) is 4.79 Å². The fraction of sp³-hybridized carbons (Fsp3) is 0.182. The van der Waals surface area contributed by atoms with Crippen molar-refractivity contribution in [2.24, 2.45) is 5.73 Å². The number of aryl methyl sites for hydroxylation is 1. The van der Waals surface area contributed by atoms with E-state index in [4.69, 9.17) is 15.4 Å². The summed E-state index contributed by atoms with van der Waals surface area (Å²) in [4.78, 5) is 15.0. The number of aromatic nitrogens is 1. The molecule has 5 nitrogen and oxygen atoms in total. The Balaban J connectivity index is 1.47. The van der Waals surface area contributed by atoms with Gasteiger partial charge in [-0.05, 0) is 73.2 Å². The van der Waals surface area contributed by atoms with Crippen LogP contribution in [0.3, 0.4) is 0 Å². The van der Waals surface area contributed by atoms with Crippen molar-refractivity contribution < 1.29 is 9.21 Å². The van der Waals surface area contributed by atoms with Gasteiger partial charge in [-0.1, -0.05) is 0 Å². The van der Waals surface area contributed by atoms with Gasteiger partial charge in [0.25, 0.3) is 0 Å². The summed E-state index contributed by atoms with van der Waals surface area (Å²) in [7, 11) is 0. The lowest BCUT2D eigenvalue weighted by Crippen LogP contribution is -2.12. The molecule has 27 heavy (non-hydrogen) atoms. The van der Waals surface area contributed by atoms with Crippen molar-refractivity contribution in [2.45, 2.75) is 25.7 Å². The summed E-state index contributed by atoms with van der Waals surface area (Å²) in [6, 6.07) is 13.4. The Hall–Kier alpha value is -3.52. The van der Waals surface area contributed by atoms with Crippen LogP contribution in [0.1, 0.15) is 39.9 Å². The maximum atomic E-state index is 11.8. The van der Waals surface area contributed by atoms with Crippen molar-refractivity contribution in [2.75, 3.05) is 0 Å². The second-order valence-corrected chi connectivity index (χ2v) is 6.68. The summed E-state index contributed by atoms with van der Waals surface area (Å²) in [5.74, 6) is 0.277. The molecule has 2 aromatic rings. The maximum Gasteiger partial charge on any atom is 0.249 e. The number of hydrogen-bond acceptors (Lipinski definition) is 3. The van der Waals surface area contributed by atoms with Gasteiger partial charge in [0, 0.05) is 28.2 Å². The number of carbonyl (C=O) groups excluding carboxylic acids is 1. The summed E-state index contributed by atoms with van der Waals surface area (Å²) < 4.78 is 5.48. The standard InChI is InChI=1S/C22H19N3O2/c23-12-14-7-8-20-18(10-14)15(13-25-20)4-1-2-5-16-17-6-3-9-27-21(17)11-19(16)22(24)26/h3,6-11,13,25H,1-2,4-5H2,(H2,24,26). The topological polar surface area (TPSA) is 95.8 Å². The highest BCUT2D eigenvalue weighted by Gasteiger charge is 2.20. The number of carbonyl (C=O) groups is 1. The first-order valence-corrected chi connectivity index (χ1v) is 8.96. The number of nitrogens with one attached hydrogen (secondary N) is 1. The van der Waals surface area contributed by atoms with Crippen molar-refractivity contribution >= 4 is 16.8 Å². The Morgan fingerprint density at radius 1 is 1.19 bits per heavy atom. The van der Waals surface area contributed by atoms with Gasteiger partial charge in [0.1, 0.15) is 5.76 Å². The number of rotatable bonds is 6. The predicted molar refractivity (Wildman–Crippen MR) is 104 cm³/mol. The number of benzene rings is 1. The first kappa shape index (κ1) is 16.9. The lowest BCUT2D eigenvalue weighted by molar-refractivity contribution is 0.0999. The zero-order valence-electron chi connectivity index (χ0n) is 14.8. The molecule has 0 unspecified atom stereocenters. The maximum absolute atomic E-state index is 11.8. The molecule has 1 aromatic carbocycles. The molecule has 0 atom stereocenters. The third-order valence-corrected chi connectivity index (χ3v) is 5.01. The summed E-state index contributed by atoms with van der Waals surface area (Å²) in [6.45, 7) is 0. The van der Waals surface area contributed by atoms with Gasteiger partial charge in [-0.15, -0.1) is 0 Å². The molecule has 134 valence electrons. The van der Waals surface area contributed by atoms with E-state index in [1.807, 2.05) is 36.5 Å². The van der Waals surface area contributed by atoms with Crippen LogP contribution in [0.25, 0.3) is 22.2 Å². The number of nitrogens with zero attached hydrogens (tertiary/aromatic N) is 1. The second-order valence-electron chi connectivity index (χ2n) is 6.68. The van der Waals surface area contributed by atoms with Crippen molar-refractivity contribution in [1.82, 2.24) is 4.98 Å². The molecular formula is C22H19N3O2. The molecule has 3 N–H and O–H groups in total. The highest BCUT2D eigenvalue weighted by molar-refractivity contribution is 5.98. The first-order chi connectivity index (χ1) is 13.2. The SMILES string of the molecule is N#Cc1ccc2[nH]cc(CCCCc3c(C(N)=O)cc4occcc3-4)c2c1. The molecule has 1 aliphatic carbocycles. The predicted octanol–water partition coefficient (Wildman–Crippen LogP) is 4.40. The number of nitriles is 1. The molecule has 1 aliphatic heterocycles. The fourth-order valence-electron chi connectivity index (χ4n) is 3.68. The van der Waals surface area contributed by atoms with Crippen LogP contribution in [0.5, 0.6) is 0 Å². The molecule has 2 heterocycles. The van der Waals surface area contributed by atoms with Crippen LogP contribution in [0.15, 0.2) is 53.3 Å². The van der Waals surface area contributed by atoms with Gasteiger partial charge in [0.15, 0.2) is 0 Å². The first-order valence-electron chi connectivity index (χ1n) is 8.96. The summed E-state index contributed by atoms with van der Waals surface area (Å²) in [5.41, 5.74) is 10.9. The highest BCUT2D eigenvalue weighted by Crippen LogP contribution is 2.33. The second kappa shape index (κ2) is 7.00. The quantitative estimate of drug-likeness (QED) is 0.501. The van der Waals surface area contributed by atoms with Crippen LogP contribution in [0.2, 0.25) is 0 Å². The van der Waals surface area contributed by atoms with Crippen LogP contribution in [-0.4, -0.2) is 10.9 Å². The number of hydrogen-bond donors (Lipinski definition) is 2. The van der Waals surface area contributed by atoms with Gasteiger partial charge >= 0.3 is 0 Å². The van der Waals surface area contributed by atoms with Gasteiger partial charge in [-0.2, -0.15) is 5.26 Å². The largest absolute Gasteiger partial charge is 0.464 e. The summed E-state index contributed by atoms with van der Waals surface area (Å²) in [5, 5.41) is 10.2. The Kier molecular flexibility index (Phi) is 4.39. The van der Waals surface area contributed by atoms with Crippen LogP contribution in [-0.2, 0) is 12.8 Å². The number of fused-ring (bicyclic) bond motifs is 2. The van der Waals surface area contributed by atoms with Crippen LogP contribution >= 0.6 is 0 Å². The van der Waals surface area contributed by atoms with Crippen LogP contribution in [0, 0.1) is 11.3 Å². The molecule has 0 spiro atoms. The van der Waals surface area contributed by atoms with Gasteiger partial charge in [0.05, 0.1) is 17.9 Å².